The molecular formula is C16H17F2NO3. The molecule has 118 valence electrons. The van der Waals surface area contributed by atoms with E-state index in [0.717, 1.165) is 18.5 Å². The van der Waals surface area contributed by atoms with Gasteiger partial charge in [0.15, 0.2) is 11.5 Å². The highest BCUT2D eigenvalue weighted by Crippen LogP contribution is 2.49. The number of alkyl halides is 2. The summed E-state index contributed by atoms with van der Waals surface area (Å²) in [5, 5.41) is 9.90. The molecule has 6 heteroatoms. The lowest BCUT2D eigenvalue weighted by atomic mass is 9.69. The largest absolute Gasteiger partial charge is 0.586 e. The van der Waals surface area contributed by atoms with E-state index in [4.69, 9.17) is 0 Å². The van der Waals surface area contributed by atoms with Crippen LogP contribution in [0, 0.1) is 0 Å². The first kappa shape index (κ1) is 14.0. The zero-order valence-electron chi connectivity index (χ0n) is 12.1. The number of hydrogen-bond donors (Lipinski definition) is 1. The van der Waals surface area contributed by atoms with Crippen molar-refractivity contribution in [1.82, 2.24) is 4.90 Å². The van der Waals surface area contributed by atoms with Crippen molar-refractivity contribution in [3.05, 3.63) is 35.9 Å². The van der Waals surface area contributed by atoms with Crippen LogP contribution in [0.25, 0.3) is 0 Å². The second-order valence-corrected chi connectivity index (χ2v) is 6.28. The number of aliphatic hydroxyl groups is 1. The van der Waals surface area contributed by atoms with E-state index in [1.165, 1.54) is 6.07 Å². The van der Waals surface area contributed by atoms with Crippen LogP contribution in [0.1, 0.15) is 18.4 Å². The lowest BCUT2D eigenvalue weighted by Crippen LogP contribution is -2.44. The Kier molecular flexibility index (Phi) is 2.81. The summed E-state index contributed by atoms with van der Waals surface area (Å²) in [6.45, 7) is 0.895. The second kappa shape index (κ2) is 4.43. The van der Waals surface area contributed by atoms with Crippen LogP contribution in [-0.2, 0) is 5.41 Å². The average Bonchev–Trinajstić information content (AvgIpc) is 2.95. The first-order valence-corrected chi connectivity index (χ1v) is 7.38. The molecule has 2 aliphatic heterocycles. The highest BCUT2D eigenvalue weighted by molar-refractivity contribution is 5.50. The molecule has 22 heavy (non-hydrogen) atoms. The van der Waals surface area contributed by atoms with Crippen LogP contribution in [-0.4, -0.2) is 42.0 Å². The highest BCUT2D eigenvalue weighted by Gasteiger charge is 2.49. The summed E-state index contributed by atoms with van der Waals surface area (Å²) in [5.41, 5.74) is 0.648. The number of ether oxygens (including phenoxy) is 2. The molecule has 0 amide bonds. The summed E-state index contributed by atoms with van der Waals surface area (Å²) in [6.07, 6.45) is 1.28. The maximum Gasteiger partial charge on any atom is 0.586 e. The van der Waals surface area contributed by atoms with Crippen molar-refractivity contribution in [2.24, 2.45) is 0 Å². The van der Waals surface area contributed by atoms with Crippen molar-refractivity contribution in [2.45, 2.75) is 36.7 Å². The van der Waals surface area contributed by atoms with Crippen molar-refractivity contribution in [3.63, 3.8) is 0 Å². The summed E-state index contributed by atoms with van der Waals surface area (Å²) in [4.78, 5) is 2.21. The van der Waals surface area contributed by atoms with Gasteiger partial charge in [-0.3, -0.25) is 0 Å². The van der Waals surface area contributed by atoms with Gasteiger partial charge in [-0.2, -0.15) is 0 Å². The molecule has 1 aromatic carbocycles. The molecule has 1 saturated heterocycles. The Bertz CT molecular complexity index is 648. The average molecular weight is 309 g/mol. The maximum atomic E-state index is 13.2. The van der Waals surface area contributed by atoms with Crippen molar-refractivity contribution in [3.8, 4) is 11.5 Å². The number of likely N-dealkylation sites (N-methyl/N-ethyl adjacent to an activating group) is 1. The predicted molar refractivity (Wildman–Crippen MR) is 75.1 cm³/mol. The topological polar surface area (TPSA) is 41.9 Å². The van der Waals surface area contributed by atoms with Gasteiger partial charge in [0.25, 0.3) is 0 Å². The van der Waals surface area contributed by atoms with E-state index in [1.807, 2.05) is 19.2 Å². The van der Waals surface area contributed by atoms with Gasteiger partial charge in [-0.15, -0.1) is 8.78 Å². The van der Waals surface area contributed by atoms with Crippen molar-refractivity contribution in [1.29, 1.82) is 0 Å². The first-order chi connectivity index (χ1) is 10.4. The Morgan fingerprint density at radius 2 is 2.05 bits per heavy atom. The summed E-state index contributed by atoms with van der Waals surface area (Å²) >= 11 is 0. The fourth-order valence-corrected chi connectivity index (χ4v) is 3.92. The van der Waals surface area contributed by atoms with Crippen LogP contribution < -0.4 is 9.47 Å². The summed E-state index contributed by atoms with van der Waals surface area (Å²) in [6, 6.07) is 5.14. The van der Waals surface area contributed by atoms with E-state index >= 15 is 0 Å². The molecule has 1 aliphatic carbocycles. The van der Waals surface area contributed by atoms with Gasteiger partial charge in [-0.05, 0) is 44.1 Å². The minimum absolute atomic E-state index is 0.0628. The van der Waals surface area contributed by atoms with Gasteiger partial charge in [0.2, 0.25) is 0 Å². The fraction of sp³-hybridized carbons (Fsp3) is 0.500. The Morgan fingerprint density at radius 1 is 1.27 bits per heavy atom. The SMILES string of the molecule is CN1CC[C@]2(c3ccc4c(c3)OC(F)(F)O4)C=C[C@@H](O)C[C@H]12. The number of fused-ring (bicyclic) bond motifs is 2. The van der Waals surface area contributed by atoms with Gasteiger partial charge in [-0.25, -0.2) is 0 Å². The van der Waals surface area contributed by atoms with Gasteiger partial charge < -0.3 is 19.5 Å². The van der Waals surface area contributed by atoms with E-state index in [1.54, 1.807) is 12.1 Å². The molecule has 3 atom stereocenters. The van der Waals surface area contributed by atoms with Crippen LogP contribution in [0.5, 0.6) is 11.5 Å². The van der Waals surface area contributed by atoms with Gasteiger partial charge in [0.05, 0.1) is 6.10 Å². The minimum atomic E-state index is -3.59. The molecule has 0 aromatic heterocycles. The number of likely N-dealkylation sites (tertiary alicyclic amines) is 1. The smallest absolute Gasteiger partial charge is 0.395 e. The number of aliphatic hydroxyl groups excluding tert-OH is 1. The van der Waals surface area contributed by atoms with E-state index in [0.29, 0.717) is 6.42 Å². The Labute approximate surface area is 126 Å². The number of rotatable bonds is 1. The van der Waals surface area contributed by atoms with Crippen molar-refractivity contribution < 1.29 is 23.4 Å². The van der Waals surface area contributed by atoms with Crippen LogP contribution in [0.3, 0.4) is 0 Å². The molecule has 0 radical (unpaired) electrons. The molecule has 4 nitrogen and oxygen atoms in total. The summed E-state index contributed by atoms with van der Waals surface area (Å²) in [5.74, 6) is 0.137. The molecule has 1 aromatic rings. The number of halogens is 2. The van der Waals surface area contributed by atoms with Crippen LogP contribution in [0.15, 0.2) is 30.4 Å². The molecule has 1 fully saturated rings. The van der Waals surface area contributed by atoms with Gasteiger partial charge in [0, 0.05) is 11.5 Å². The van der Waals surface area contributed by atoms with Crippen LogP contribution in [0.4, 0.5) is 8.78 Å². The Morgan fingerprint density at radius 3 is 2.86 bits per heavy atom. The molecule has 3 aliphatic rings. The van der Waals surface area contributed by atoms with E-state index in [9.17, 15) is 13.9 Å². The number of hydrogen-bond acceptors (Lipinski definition) is 4. The third-order valence-electron chi connectivity index (χ3n) is 5.02. The summed E-state index contributed by atoms with van der Waals surface area (Å²) < 4.78 is 35.4. The third-order valence-corrected chi connectivity index (χ3v) is 5.02. The molecule has 0 spiro atoms. The fourth-order valence-electron chi connectivity index (χ4n) is 3.92. The number of nitrogens with zero attached hydrogens (tertiary/aromatic N) is 1. The molecule has 0 unspecified atom stereocenters. The molecule has 1 N–H and O–H groups in total. The monoisotopic (exact) mass is 309 g/mol. The predicted octanol–water partition coefficient (Wildman–Crippen LogP) is 2.27. The molecule has 2 heterocycles. The van der Waals surface area contributed by atoms with E-state index in [-0.39, 0.29) is 23.0 Å². The quantitative estimate of drug-likeness (QED) is 0.808. The van der Waals surface area contributed by atoms with Gasteiger partial charge in [0.1, 0.15) is 0 Å². The Balaban J connectivity index is 1.77. The Hall–Kier alpha value is -1.66. The van der Waals surface area contributed by atoms with Crippen LogP contribution >= 0.6 is 0 Å². The number of benzene rings is 1. The van der Waals surface area contributed by atoms with Crippen molar-refractivity contribution >= 4 is 0 Å². The normalized spacial score (nSPS) is 35.6. The standard InChI is InChI=1S/C16H17F2NO3/c1-19-7-6-15(5-4-11(20)9-14(15)19)10-2-3-12-13(8-10)22-16(17,18)21-12/h2-5,8,11,14,20H,6-7,9H2,1H3/t11-,14+,15+/m1/s1. The zero-order valence-corrected chi connectivity index (χ0v) is 12.1. The van der Waals surface area contributed by atoms with Gasteiger partial charge >= 0.3 is 6.29 Å². The van der Waals surface area contributed by atoms with E-state index < -0.39 is 12.4 Å². The second-order valence-electron chi connectivity index (χ2n) is 6.28. The molecular weight excluding hydrogens is 292 g/mol. The minimum Gasteiger partial charge on any atom is -0.395 e. The summed E-state index contributed by atoms with van der Waals surface area (Å²) in [7, 11) is 2.03. The molecule has 4 rings (SSSR count). The maximum absolute atomic E-state index is 13.2. The van der Waals surface area contributed by atoms with E-state index in [2.05, 4.69) is 14.4 Å². The van der Waals surface area contributed by atoms with Crippen LogP contribution in [0.2, 0.25) is 0 Å². The lowest BCUT2D eigenvalue weighted by Gasteiger charge is -2.39. The first-order valence-electron chi connectivity index (χ1n) is 7.38. The van der Waals surface area contributed by atoms with Crippen molar-refractivity contribution in [2.75, 3.05) is 13.6 Å². The van der Waals surface area contributed by atoms with Gasteiger partial charge in [-0.1, -0.05) is 18.2 Å². The highest BCUT2D eigenvalue weighted by atomic mass is 19.3. The molecule has 0 bridgehead atoms. The molecule has 0 saturated carbocycles. The lowest BCUT2D eigenvalue weighted by molar-refractivity contribution is -0.286. The zero-order chi connectivity index (χ0) is 15.5. The third kappa shape index (κ3) is 1.94.